The monoisotopic (exact) mass is 419 g/mol. The van der Waals surface area contributed by atoms with Gasteiger partial charge in [-0.2, -0.15) is 0 Å². The minimum Gasteiger partial charge on any atom is -0.385 e. The molecule has 2 aliphatic heterocycles. The Labute approximate surface area is 181 Å². The molecule has 0 spiro atoms. The van der Waals surface area contributed by atoms with E-state index in [1.54, 1.807) is 7.11 Å². The van der Waals surface area contributed by atoms with E-state index in [1.807, 2.05) is 0 Å². The topological polar surface area (TPSA) is 79.6 Å². The molecule has 0 bridgehead atoms. The zero-order chi connectivity index (χ0) is 21.0. The molecule has 1 aromatic heterocycles. The Hall–Kier alpha value is -1.67. The summed E-state index contributed by atoms with van der Waals surface area (Å²) in [6, 6.07) is 0.508. The summed E-state index contributed by atoms with van der Waals surface area (Å²) >= 11 is 0. The molecule has 0 saturated carbocycles. The number of hydrogen-bond donors (Lipinski definition) is 2. The van der Waals surface area contributed by atoms with Crippen LogP contribution in [0.2, 0.25) is 0 Å². The highest BCUT2D eigenvalue weighted by molar-refractivity contribution is 5.80. The summed E-state index contributed by atoms with van der Waals surface area (Å²) < 4.78 is 7.51. The van der Waals surface area contributed by atoms with E-state index in [1.165, 1.54) is 37.9 Å². The molecule has 1 saturated heterocycles. The average molecular weight is 420 g/mol. The third-order valence-electron chi connectivity index (χ3n) is 6.11. The van der Waals surface area contributed by atoms with Gasteiger partial charge in [0.2, 0.25) is 0 Å². The predicted molar refractivity (Wildman–Crippen MR) is 121 cm³/mol. The van der Waals surface area contributed by atoms with Crippen molar-refractivity contribution in [1.82, 2.24) is 30.3 Å². The normalized spacial score (nSPS) is 18.8. The number of guanidine groups is 1. The number of nitrogens with zero attached hydrogens (tertiary/aromatic N) is 5. The standard InChI is InChI=1S/C22H41N7O/c1-3-23-22(25-19-11-16-28(17-12-19)14-8-18-30-2)24-13-7-10-21-27-26-20-9-5-4-6-15-29(20)21/h19H,3-18H2,1-2H3,(H2,23,24,25). The molecule has 2 aliphatic rings. The zero-order valence-electron chi connectivity index (χ0n) is 19.0. The second-order valence-corrected chi connectivity index (χ2v) is 8.47. The van der Waals surface area contributed by atoms with E-state index >= 15 is 0 Å². The van der Waals surface area contributed by atoms with E-state index in [0.717, 1.165) is 83.3 Å². The van der Waals surface area contributed by atoms with Crippen molar-refractivity contribution in [2.45, 2.75) is 77.3 Å². The minimum absolute atomic E-state index is 0.508. The Balaban J connectivity index is 1.40. The minimum atomic E-state index is 0.508. The molecular formula is C22H41N7O. The second kappa shape index (κ2) is 12.9. The van der Waals surface area contributed by atoms with Crippen molar-refractivity contribution >= 4 is 5.96 Å². The van der Waals surface area contributed by atoms with Crippen molar-refractivity contribution in [1.29, 1.82) is 0 Å². The average Bonchev–Trinajstić information content (AvgIpc) is 2.98. The van der Waals surface area contributed by atoms with Gasteiger partial charge < -0.3 is 24.8 Å². The summed E-state index contributed by atoms with van der Waals surface area (Å²) in [5.74, 6) is 3.27. The largest absolute Gasteiger partial charge is 0.385 e. The Bertz CT molecular complexity index is 637. The SMILES string of the molecule is CCNC(=NCCCc1nnc2n1CCCCC2)NC1CCN(CCCOC)CC1. The van der Waals surface area contributed by atoms with Gasteiger partial charge in [0.15, 0.2) is 5.96 Å². The van der Waals surface area contributed by atoms with Crippen molar-refractivity contribution in [2.75, 3.05) is 46.4 Å². The number of hydrogen-bond acceptors (Lipinski definition) is 5. The number of ether oxygens (including phenoxy) is 1. The van der Waals surface area contributed by atoms with E-state index in [2.05, 4.69) is 37.2 Å². The van der Waals surface area contributed by atoms with Gasteiger partial charge in [0, 0.05) is 71.9 Å². The highest BCUT2D eigenvalue weighted by Crippen LogP contribution is 2.15. The molecule has 0 radical (unpaired) electrons. The van der Waals surface area contributed by atoms with Crippen LogP contribution >= 0.6 is 0 Å². The molecule has 0 aliphatic carbocycles. The van der Waals surface area contributed by atoms with Gasteiger partial charge in [0.1, 0.15) is 11.6 Å². The van der Waals surface area contributed by atoms with Gasteiger partial charge in [-0.15, -0.1) is 10.2 Å². The van der Waals surface area contributed by atoms with Crippen LogP contribution in [0.5, 0.6) is 0 Å². The van der Waals surface area contributed by atoms with Gasteiger partial charge >= 0.3 is 0 Å². The van der Waals surface area contributed by atoms with Crippen molar-refractivity contribution in [3.05, 3.63) is 11.6 Å². The van der Waals surface area contributed by atoms with Crippen LogP contribution < -0.4 is 10.6 Å². The number of aryl methyl sites for hydroxylation is 2. The molecule has 2 N–H and O–H groups in total. The van der Waals surface area contributed by atoms with Gasteiger partial charge in [0.25, 0.3) is 0 Å². The molecule has 1 fully saturated rings. The van der Waals surface area contributed by atoms with Crippen LogP contribution in [0.1, 0.15) is 63.5 Å². The van der Waals surface area contributed by atoms with Crippen LogP contribution in [0.4, 0.5) is 0 Å². The van der Waals surface area contributed by atoms with E-state index in [4.69, 9.17) is 9.73 Å². The lowest BCUT2D eigenvalue weighted by molar-refractivity contribution is 0.155. The first-order valence-corrected chi connectivity index (χ1v) is 12.0. The first-order chi connectivity index (χ1) is 14.8. The Kier molecular flexibility index (Phi) is 9.89. The lowest BCUT2D eigenvalue weighted by Crippen LogP contribution is -2.48. The summed E-state index contributed by atoms with van der Waals surface area (Å²) in [7, 11) is 1.78. The van der Waals surface area contributed by atoms with E-state index in [9.17, 15) is 0 Å². The first-order valence-electron chi connectivity index (χ1n) is 12.0. The van der Waals surface area contributed by atoms with Gasteiger partial charge in [-0.1, -0.05) is 6.42 Å². The lowest BCUT2D eigenvalue weighted by atomic mass is 10.1. The highest BCUT2D eigenvalue weighted by Gasteiger charge is 2.19. The Morgan fingerprint density at radius 1 is 1.13 bits per heavy atom. The van der Waals surface area contributed by atoms with Crippen molar-refractivity contribution in [2.24, 2.45) is 4.99 Å². The smallest absolute Gasteiger partial charge is 0.191 e. The summed E-state index contributed by atoms with van der Waals surface area (Å²) in [6.07, 6.45) is 10.3. The molecule has 0 aromatic carbocycles. The molecule has 1 aromatic rings. The van der Waals surface area contributed by atoms with Crippen molar-refractivity contribution in [3.8, 4) is 0 Å². The quantitative estimate of drug-likeness (QED) is 0.343. The van der Waals surface area contributed by atoms with Gasteiger partial charge in [-0.3, -0.25) is 4.99 Å². The number of fused-ring (bicyclic) bond motifs is 1. The highest BCUT2D eigenvalue weighted by atomic mass is 16.5. The number of aromatic nitrogens is 3. The summed E-state index contributed by atoms with van der Waals surface area (Å²) in [5.41, 5.74) is 0. The van der Waals surface area contributed by atoms with Crippen molar-refractivity contribution < 1.29 is 4.74 Å². The first kappa shape index (κ1) is 23.0. The molecule has 3 heterocycles. The second-order valence-electron chi connectivity index (χ2n) is 8.47. The van der Waals surface area contributed by atoms with Crippen LogP contribution in [0, 0.1) is 0 Å². The molecule has 30 heavy (non-hydrogen) atoms. The number of methoxy groups -OCH3 is 1. The molecule has 0 unspecified atom stereocenters. The number of likely N-dealkylation sites (tertiary alicyclic amines) is 1. The number of rotatable bonds is 10. The molecule has 8 heteroatoms. The molecule has 8 nitrogen and oxygen atoms in total. The maximum Gasteiger partial charge on any atom is 0.191 e. The van der Waals surface area contributed by atoms with Crippen LogP contribution in [0.3, 0.4) is 0 Å². The maximum atomic E-state index is 5.16. The molecule has 0 amide bonds. The molecule has 0 atom stereocenters. The fraction of sp³-hybridized carbons (Fsp3) is 0.864. The van der Waals surface area contributed by atoms with Crippen LogP contribution in [0.15, 0.2) is 4.99 Å². The van der Waals surface area contributed by atoms with Crippen LogP contribution in [-0.4, -0.2) is 78.1 Å². The van der Waals surface area contributed by atoms with Crippen molar-refractivity contribution in [3.63, 3.8) is 0 Å². The number of aliphatic imine (C=N–C) groups is 1. The number of nitrogens with one attached hydrogen (secondary N) is 2. The fourth-order valence-electron chi connectivity index (χ4n) is 4.41. The van der Waals surface area contributed by atoms with E-state index < -0.39 is 0 Å². The maximum absolute atomic E-state index is 5.16. The van der Waals surface area contributed by atoms with Gasteiger partial charge in [-0.05, 0) is 45.4 Å². The molecular weight excluding hydrogens is 378 g/mol. The Morgan fingerprint density at radius 3 is 2.80 bits per heavy atom. The Morgan fingerprint density at radius 2 is 2.00 bits per heavy atom. The fourth-order valence-corrected chi connectivity index (χ4v) is 4.41. The summed E-state index contributed by atoms with van der Waals surface area (Å²) in [5, 5.41) is 15.9. The molecule has 170 valence electrons. The van der Waals surface area contributed by atoms with Gasteiger partial charge in [-0.25, -0.2) is 0 Å². The predicted octanol–water partition coefficient (Wildman–Crippen LogP) is 1.99. The zero-order valence-corrected chi connectivity index (χ0v) is 19.0. The lowest BCUT2D eigenvalue weighted by Gasteiger charge is -2.33. The summed E-state index contributed by atoms with van der Waals surface area (Å²) in [4.78, 5) is 7.37. The van der Waals surface area contributed by atoms with Crippen LogP contribution in [0.25, 0.3) is 0 Å². The van der Waals surface area contributed by atoms with E-state index in [0.29, 0.717) is 6.04 Å². The van der Waals surface area contributed by atoms with E-state index in [-0.39, 0.29) is 0 Å². The third kappa shape index (κ3) is 7.23. The third-order valence-corrected chi connectivity index (χ3v) is 6.11. The summed E-state index contributed by atoms with van der Waals surface area (Å²) in [6.45, 7) is 9.20. The van der Waals surface area contributed by atoms with Gasteiger partial charge in [0.05, 0.1) is 0 Å². The molecule has 3 rings (SSSR count). The number of piperidine rings is 1. The van der Waals surface area contributed by atoms with Crippen LogP contribution in [-0.2, 0) is 24.1 Å².